The first kappa shape index (κ1) is 14.2. The molecule has 1 aromatic rings. The Bertz CT molecular complexity index is 375. The maximum Gasteiger partial charge on any atom is 0.142 e. The summed E-state index contributed by atoms with van der Waals surface area (Å²) in [4.78, 5) is 2.27. The second-order valence-corrected chi connectivity index (χ2v) is 5.38. The zero-order valence-electron chi connectivity index (χ0n) is 12.2. The van der Waals surface area contributed by atoms with Gasteiger partial charge in [0.2, 0.25) is 0 Å². The summed E-state index contributed by atoms with van der Waals surface area (Å²) in [6, 6.07) is 8.98. The lowest BCUT2D eigenvalue weighted by Crippen LogP contribution is -2.29. The number of hydrogen-bond donors (Lipinski definition) is 1. The Labute approximate surface area is 116 Å². The third-order valence-electron chi connectivity index (χ3n) is 3.95. The van der Waals surface area contributed by atoms with Crippen LogP contribution < -0.4 is 15.0 Å². The van der Waals surface area contributed by atoms with Crippen LogP contribution in [0.15, 0.2) is 24.3 Å². The van der Waals surface area contributed by atoms with Crippen LogP contribution in [0.1, 0.15) is 32.1 Å². The van der Waals surface area contributed by atoms with Crippen molar-refractivity contribution in [3.05, 3.63) is 24.3 Å². The van der Waals surface area contributed by atoms with Crippen LogP contribution in [0.4, 0.5) is 5.69 Å². The van der Waals surface area contributed by atoms with Gasteiger partial charge < -0.3 is 15.0 Å². The third kappa shape index (κ3) is 4.13. The van der Waals surface area contributed by atoms with Gasteiger partial charge in [-0.15, -0.1) is 0 Å². The van der Waals surface area contributed by atoms with E-state index in [1.165, 1.54) is 37.8 Å². The van der Waals surface area contributed by atoms with E-state index in [1.54, 1.807) is 7.11 Å². The summed E-state index contributed by atoms with van der Waals surface area (Å²) in [5.74, 6) is 0.953. The number of hydrogen-bond acceptors (Lipinski definition) is 3. The Kier molecular flexibility index (Phi) is 5.52. The van der Waals surface area contributed by atoms with E-state index in [0.717, 1.165) is 24.9 Å². The van der Waals surface area contributed by atoms with Crippen molar-refractivity contribution in [2.75, 3.05) is 32.1 Å². The fraction of sp³-hybridized carbons (Fsp3) is 0.625. The predicted molar refractivity (Wildman–Crippen MR) is 81.1 cm³/mol. The smallest absolute Gasteiger partial charge is 0.142 e. The molecular weight excluding hydrogens is 236 g/mol. The lowest BCUT2D eigenvalue weighted by Gasteiger charge is -2.22. The number of methoxy groups -OCH3 is 1. The summed E-state index contributed by atoms with van der Waals surface area (Å²) in [6.45, 7) is 2.17. The second-order valence-electron chi connectivity index (χ2n) is 5.38. The molecule has 1 aliphatic carbocycles. The minimum atomic E-state index is 0.775. The van der Waals surface area contributed by atoms with Crippen LogP contribution in [0.3, 0.4) is 0 Å². The average Bonchev–Trinajstić information content (AvgIpc) is 2.96. The van der Waals surface area contributed by atoms with Crippen LogP contribution in [0, 0.1) is 0 Å². The molecule has 0 aromatic heterocycles. The van der Waals surface area contributed by atoms with Crippen LogP contribution in [0.5, 0.6) is 5.75 Å². The molecule has 0 atom stereocenters. The topological polar surface area (TPSA) is 24.5 Å². The van der Waals surface area contributed by atoms with E-state index in [1.807, 2.05) is 12.1 Å². The molecule has 3 heteroatoms. The molecular formula is C16H26N2O. The van der Waals surface area contributed by atoms with Crippen LogP contribution in [-0.2, 0) is 0 Å². The molecule has 106 valence electrons. The van der Waals surface area contributed by atoms with Gasteiger partial charge in [0, 0.05) is 19.6 Å². The van der Waals surface area contributed by atoms with E-state index >= 15 is 0 Å². The molecule has 0 heterocycles. The molecule has 3 nitrogen and oxygen atoms in total. The fourth-order valence-electron chi connectivity index (χ4n) is 2.82. The minimum Gasteiger partial charge on any atom is -0.495 e. The molecule has 0 radical (unpaired) electrons. The summed E-state index contributed by atoms with van der Waals surface area (Å²) in [7, 11) is 3.86. The number of para-hydroxylation sites is 2. The first-order chi connectivity index (χ1) is 9.31. The van der Waals surface area contributed by atoms with Gasteiger partial charge in [0.05, 0.1) is 12.8 Å². The fourth-order valence-corrected chi connectivity index (χ4v) is 2.82. The number of nitrogens with zero attached hydrogens (tertiary/aromatic N) is 1. The molecule has 1 saturated carbocycles. The maximum absolute atomic E-state index is 5.40. The zero-order valence-corrected chi connectivity index (χ0v) is 12.2. The molecule has 0 aliphatic heterocycles. The van der Waals surface area contributed by atoms with Gasteiger partial charge in [-0.3, -0.25) is 0 Å². The molecule has 0 unspecified atom stereocenters. The molecule has 0 saturated heterocycles. The predicted octanol–water partition coefficient (Wildman–Crippen LogP) is 3.05. The summed E-state index contributed by atoms with van der Waals surface area (Å²) in [5, 5.41) is 3.66. The number of anilines is 1. The van der Waals surface area contributed by atoms with E-state index in [4.69, 9.17) is 4.74 Å². The standard InChI is InChI=1S/C16H26N2O/c1-18(15-10-5-6-11-16(15)19-2)13-7-12-17-14-8-3-4-9-14/h5-6,10-11,14,17H,3-4,7-9,12-13H2,1-2H3. The monoisotopic (exact) mass is 262 g/mol. The summed E-state index contributed by atoms with van der Waals surface area (Å²) in [5.41, 5.74) is 1.17. The Hall–Kier alpha value is -1.22. The van der Waals surface area contributed by atoms with Crippen LogP contribution >= 0.6 is 0 Å². The van der Waals surface area contributed by atoms with Gasteiger partial charge in [0.15, 0.2) is 0 Å². The van der Waals surface area contributed by atoms with E-state index < -0.39 is 0 Å². The van der Waals surface area contributed by atoms with Gasteiger partial charge in [-0.1, -0.05) is 25.0 Å². The zero-order chi connectivity index (χ0) is 13.5. The summed E-state index contributed by atoms with van der Waals surface area (Å²) >= 11 is 0. The summed E-state index contributed by atoms with van der Waals surface area (Å²) < 4.78 is 5.40. The first-order valence-corrected chi connectivity index (χ1v) is 7.39. The van der Waals surface area contributed by atoms with Crippen LogP contribution in [0.25, 0.3) is 0 Å². The van der Waals surface area contributed by atoms with Crippen molar-refractivity contribution in [2.45, 2.75) is 38.1 Å². The highest BCUT2D eigenvalue weighted by Gasteiger charge is 2.13. The highest BCUT2D eigenvalue weighted by atomic mass is 16.5. The van der Waals surface area contributed by atoms with Crippen molar-refractivity contribution in [1.82, 2.24) is 5.32 Å². The van der Waals surface area contributed by atoms with E-state index in [2.05, 4.69) is 29.4 Å². The molecule has 1 fully saturated rings. The van der Waals surface area contributed by atoms with E-state index in [0.29, 0.717) is 0 Å². The van der Waals surface area contributed by atoms with Crippen LogP contribution in [0.2, 0.25) is 0 Å². The average molecular weight is 262 g/mol. The molecule has 0 amide bonds. The Morgan fingerprint density at radius 3 is 2.74 bits per heavy atom. The second kappa shape index (κ2) is 7.39. The number of nitrogens with one attached hydrogen (secondary N) is 1. The maximum atomic E-state index is 5.40. The Balaban J connectivity index is 1.72. The molecule has 0 spiro atoms. The third-order valence-corrected chi connectivity index (χ3v) is 3.95. The van der Waals surface area contributed by atoms with E-state index in [-0.39, 0.29) is 0 Å². The summed E-state index contributed by atoms with van der Waals surface area (Å²) in [6.07, 6.45) is 6.70. The normalized spacial score (nSPS) is 15.7. The Morgan fingerprint density at radius 1 is 1.26 bits per heavy atom. The molecule has 2 rings (SSSR count). The molecule has 1 N–H and O–H groups in total. The van der Waals surface area contributed by atoms with Crippen molar-refractivity contribution in [2.24, 2.45) is 0 Å². The minimum absolute atomic E-state index is 0.775. The van der Waals surface area contributed by atoms with E-state index in [9.17, 15) is 0 Å². The largest absolute Gasteiger partial charge is 0.495 e. The van der Waals surface area contributed by atoms with Crippen molar-refractivity contribution in [1.29, 1.82) is 0 Å². The van der Waals surface area contributed by atoms with Gasteiger partial charge in [0.1, 0.15) is 5.75 Å². The van der Waals surface area contributed by atoms with Gasteiger partial charge in [-0.25, -0.2) is 0 Å². The molecule has 19 heavy (non-hydrogen) atoms. The van der Waals surface area contributed by atoms with Gasteiger partial charge in [-0.05, 0) is 37.9 Å². The van der Waals surface area contributed by atoms with Gasteiger partial charge >= 0.3 is 0 Å². The lowest BCUT2D eigenvalue weighted by molar-refractivity contribution is 0.414. The van der Waals surface area contributed by atoms with Crippen LogP contribution in [-0.4, -0.2) is 33.3 Å². The van der Waals surface area contributed by atoms with Crippen molar-refractivity contribution in [3.8, 4) is 5.75 Å². The first-order valence-electron chi connectivity index (χ1n) is 7.39. The Morgan fingerprint density at radius 2 is 2.00 bits per heavy atom. The molecule has 0 bridgehead atoms. The highest BCUT2D eigenvalue weighted by molar-refractivity contribution is 5.57. The van der Waals surface area contributed by atoms with Crippen molar-refractivity contribution < 1.29 is 4.74 Å². The molecule has 1 aromatic carbocycles. The quantitative estimate of drug-likeness (QED) is 0.764. The van der Waals surface area contributed by atoms with Gasteiger partial charge in [0.25, 0.3) is 0 Å². The number of ether oxygens (including phenoxy) is 1. The van der Waals surface area contributed by atoms with Gasteiger partial charge in [-0.2, -0.15) is 0 Å². The SMILES string of the molecule is COc1ccccc1N(C)CCCNC1CCCC1. The highest BCUT2D eigenvalue weighted by Crippen LogP contribution is 2.26. The van der Waals surface area contributed by atoms with Crippen molar-refractivity contribution in [3.63, 3.8) is 0 Å². The molecule has 1 aliphatic rings. The number of rotatable bonds is 7. The number of benzene rings is 1. The van der Waals surface area contributed by atoms with Crippen molar-refractivity contribution >= 4 is 5.69 Å². The lowest BCUT2D eigenvalue weighted by atomic mass is 10.2.